The van der Waals surface area contributed by atoms with E-state index in [1.165, 1.54) is 27.4 Å². The molecule has 9 nitrogen and oxygen atoms in total. The predicted molar refractivity (Wildman–Crippen MR) is 174 cm³/mol. The minimum Gasteiger partial charge on any atom is -0.494 e. The molecule has 1 fully saturated rings. The number of aromatic hydroxyl groups is 1. The van der Waals surface area contributed by atoms with Crippen LogP contribution in [0.1, 0.15) is 44.0 Å². The van der Waals surface area contributed by atoms with E-state index >= 15 is 0 Å². The van der Waals surface area contributed by atoms with Crippen LogP contribution in [0.3, 0.4) is 0 Å². The highest BCUT2D eigenvalue weighted by molar-refractivity contribution is 6.27. The third-order valence-electron chi connectivity index (χ3n) is 9.30. The molecule has 0 spiro atoms. The summed E-state index contributed by atoms with van der Waals surface area (Å²) >= 11 is 0. The molecule has 3 aromatic heterocycles. The van der Waals surface area contributed by atoms with E-state index < -0.39 is 0 Å². The predicted octanol–water partition coefficient (Wildman–Crippen LogP) is 5.51. The Kier molecular flexibility index (Phi) is 7.18. The maximum atomic E-state index is 11.2. The molecule has 0 radical (unpaired) electrons. The maximum Gasteiger partial charge on any atom is 0.197 e. The van der Waals surface area contributed by atoms with E-state index in [9.17, 15) is 5.11 Å². The van der Waals surface area contributed by atoms with Gasteiger partial charge in [0, 0.05) is 85.0 Å². The van der Waals surface area contributed by atoms with E-state index in [-0.39, 0.29) is 5.88 Å². The molecule has 0 amide bonds. The first-order valence-corrected chi connectivity index (χ1v) is 15.7. The zero-order chi connectivity index (χ0) is 29.8. The van der Waals surface area contributed by atoms with Crippen molar-refractivity contribution in [2.45, 2.75) is 46.6 Å². The van der Waals surface area contributed by atoms with Crippen molar-refractivity contribution >= 4 is 38.3 Å². The van der Waals surface area contributed by atoms with Gasteiger partial charge in [0.2, 0.25) is 0 Å². The lowest BCUT2D eigenvalue weighted by Crippen LogP contribution is -2.44. The second-order valence-corrected chi connectivity index (χ2v) is 12.9. The van der Waals surface area contributed by atoms with Crippen molar-refractivity contribution in [3.8, 4) is 17.0 Å². The number of aromatic nitrogens is 4. The van der Waals surface area contributed by atoms with Crippen molar-refractivity contribution < 1.29 is 9.94 Å². The number of nitrogens with one attached hydrogen (secondary N) is 1. The van der Waals surface area contributed by atoms with Crippen molar-refractivity contribution in [1.29, 1.82) is 0 Å². The molecule has 0 saturated carbocycles. The summed E-state index contributed by atoms with van der Waals surface area (Å²) in [6.45, 7) is 13.4. The number of benzene rings is 2. The van der Waals surface area contributed by atoms with E-state index in [1.807, 2.05) is 24.9 Å². The minimum absolute atomic E-state index is 0.219. The number of rotatable bonds is 8. The summed E-state index contributed by atoms with van der Waals surface area (Å²) in [7, 11) is 4.19. The number of H-pyrrole nitrogens is 1. The average Bonchev–Trinajstić information content (AvgIpc) is 3.66. The normalized spacial score (nSPS) is 16.6. The van der Waals surface area contributed by atoms with E-state index in [0.717, 1.165) is 97.4 Å². The van der Waals surface area contributed by atoms with Crippen LogP contribution in [0.4, 0.5) is 0 Å². The van der Waals surface area contributed by atoms with Gasteiger partial charge in [-0.05, 0) is 69.0 Å². The van der Waals surface area contributed by atoms with Crippen LogP contribution in [0.15, 0.2) is 35.7 Å². The maximum absolute atomic E-state index is 11.2. The van der Waals surface area contributed by atoms with Gasteiger partial charge in [0.05, 0.1) is 22.3 Å². The van der Waals surface area contributed by atoms with Crippen LogP contribution in [-0.4, -0.2) is 86.3 Å². The van der Waals surface area contributed by atoms with Gasteiger partial charge in [-0.2, -0.15) is 5.10 Å². The summed E-state index contributed by atoms with van der Waals surface area (Å²) in [6, 6.07) is 6.69. The zero-order valence-electron chi connectivity index (χ0n) is 26.1. The monoisotopic (exact) mass is 581 g/mol. The lowest BCUT2D eigenvalue weighted by atomic mass is 9.85. The molecular weight excluding hydrogens is 538 g/mol. The summed E-state index contributed by atoms with van der Waals surface area (Å²) in [4.78, 5) is 13.8. The van der Waals surface area contributed by atoms with Crippen LogP contribution >= 0.6 is 0 Å². The van der Waals surface area contributed by atoms with Crippen LogP contribution in [0.25, 0.3) is 43.7 Å². The van der Waals surface area contributed by atoms with Crippen LogP contribution in [0.5, 0.6) is 5.88 Å². The largest absolute Gasteiger partial charge is 0.494 e. The summed E-state index contributed by atoms with van der Waals surface area (Å²) < 4.78 is 4.46. The van der Waals surface area contributed by atoms with Gasteiger partial charge in [-0.15, -0.1) is 0 Å². The first-order valence-electron chi connectivity index (χ1n) is 15.7. The van der Waals surface area contributed by atoms with Crippen molar-refractivity contribution in [2.75, 3.05) is 46.4 Å². The molecule has 1 saturated heterocycles. The Balaban J connectivity index is 1.41. The molecule has 7 rings (SSSR count). The second-order valence-electron chi connectivity index (χ2n) is 12.9. The van der Waals surface area contributed by atoms with Crippen molar-refractivity contribution in [2.24, 2.45) is 18.1 Å². The smallest absolute Gasteiger partial charge is 0.197 e. The molecule has 1 aliphatic heterocycles. The number of oxime groups is 1. The van der Waals surface area contributed by atoms with Gasteiger partial charge in [-0.25, -0.2) is 0 Å². The first kappa shape index (κ1) is 28.0. The molecule has 2 aromatic carbocycles. The van der Waals surface area contributed by atoms with E-state index in [1.54, 1.807) is 0 Å². The summed E-state index contributed by atoms with van der Waals surface area (Å²) in [5.74, 6) is 0.640. The van der Waals surface area contributed by atoms with E-state index in [4.69, 9.17) is 9.94 Å². The van der Waals surface area contributed by atoms with Gasteiger partial charge >= 0.3 is 0 Å². The molecular formula is C34H43N7O2. The molecule has 1 aliphatic carbocycles. The fourth-order valence-corrected chi connectivity index (χ4v) is 7.10. The number of aromatic amines is 1. The van der Waals surface area contributed by atoms with Gasteiger partial charge in [0.15, 0.2) is 5.88 Å². The number of hydrogen-bond donors (Lipinski definition) is 2. The van der Waals surface area contributed by atoms with Crippen molar-refractivity contribution in [3.63, 3.8) is 0 Å². The number of piperazine rings is 1. The van der Waals surface area contributed by atoms with Crippen LogP contribution in [-0.2, 0) is 31.3 Å². The van der Waals surface area contributed by atoms with Gasteiger partial charge in [-0.3, -0.25) is 4.68 Å². The lowest BCUT2D eigenvalue weighted by molar-refractivity contribution is 0.118. The van der Waals surface area contributed by atoms with Gasteiger partial charge in [0.1, 0.15) is 6.61 Å². The SMILES string of the molecule is CC(=NOCC(C)C)c1ccc2c(c1)c1c3c[nH]c(O)c3c3c(c1n2CCCN1CCN(C)CC1)CCc1nn(C)cc1-3. The molecule has 0 unspecified atom stereocenters. The Morgan fingerprint density at radius 3 is 2.67 bits per heavy atom. The lowest BCUT2D eigenvalue weighted by Gasteiger charge is -2.32. The fraction of sp³-hybridized carbons (Fsp3) is 0.471. The summed E-state index contributed by atoms with van der Waals surface area (Å²) in [5.41, 5.74) is 9.08. The number of aryl methyl sites for hydroxylation is 4. The Bertz CT molecular complexity index is 1850. The fourth-order valence-electron chi connectivity index (χ4n) is 7.10. The Labute approximate surface area is 252 Å². The molecule has 2 aliphatic rings. The molecule has 5 aromatic rings. The Morgan fingerprint density at radius 2 is 1.88 bits per heavy atom. The molecule has 4 heterocycles. The third kappa shape index (κ3) is 4.88. The second kappa shape index (κ2) is 11.0. The van der Waals surface area contributed by atoms with Gasteiger partial charge in [0.25, 0.3) is 0 Å². The highest BCUT2D eigenvalue weighted by Gasteiger charge is 2.30. The molecule has 9 heteroatoms. The van der Waals surface area contributed by atoms with Gasteiger partial charge in [-0.1, -0.05) is 25.1 Å². The van der Waals surface area contributed by atoms with Crippen LogP contribution < -0.4 is 0 Å². The van der Waals surface area contributed by atoms with Crippen LogP contribution in [0.2, 0.25) is 0 Å². The third-order valence-corrected chi connectivity index (χ3v) is 9.30. The molecule has 2 N–H and O–H groups in total. The minimum atomic E-state index is 0.219. The molecule has 43 heavy (non-hydrogen) atoms. The molecule has 0 bridgehead atoms. The molecule has 0 atom stereocenters. The quantitative estimate of drug-likeness (QED) is 0.186. The summed E-state index contributed by atoms with van der Waals surface area (Å²) in [5, 5.41) is 24.7. The molecule has 226 valence electrons. The Morgan fingerprint density at radius 1 is 1.07 bits per heavy atom. The number of hydrogen-bond acceptors (Lipinski definition) is 6. The van der Waals surface area contributed by atoms with Crippen molar-refractivity contribution in [1.82, 2.24) is 29.1 Å². The number of nitrogens with zero attached hydrogens (tertiary/aromatic N) is 6. The highest BCUT2D eigenvalue weighted by Crippen LogP contribution is 2.49. The standard InChI is InChI=1S/C34H43N7O2/c1-21(2)20-43-37-22(3)23-7-10-29-25(17-23)31-26-18-35-34(42)32(26)30-24(8-9-28-27(30)19-39(5)36-28)33(31)41(29)12-6-11-40-15-13-38(4)14-16-40/h7,10,17-19,21,35,42H,6,8-9,11-16,20H2,1-5H3. The summed E-state index contributed by atoms with van der Waals surface area (Å²) in [6.07, 6.45) is 6.95. The van der Waals surface area contributed by atoms with E-state index in [2.05, 4.69) is 69.8 Å². The average molecular weight is 582 g/mol. The topological polar surface area (TPSA) is 86.8 Å². The Hall–Kier alpha value is -3.82. The van der Waals surface area contributed by atoms with Crippen molar-refractivity contribution in [3.05, 3.63) is 47.4 Å². The number of fused-ring (bicyclic) bond motifs is 10. The highest BCUT2D eigenvalue weighted by atomic mass is 16.6. The van der Waals surface area contributed by atoms with E-state index in [0.29, 0.717) is 12.5 Å². The zero-order valence-corrected chi connectivity index (χ0v) is 26.1. The van der Waals surface area contributed by atoms with Crippen LogP contribution in [0, 0.1) is 5.92 Å². The van der Waals surface area contributed by atoms with Gasteiger partial charge < -0.3 is 29.3 Å². The first-order chi connectivity index (χ1) is 20.8. The number of likely N-dealkylation sites (N-methyl/N-ethyl adjacent to an activating group) is 1.